The number of halogens is 1. The molecule has 0 aromatic heterocycles. The zero-order valence-electron chi connectivity index (χ0n) is 8.72. The molecule has 0 bridgehead atoms. The van der Waals surface area contributed by atoms with Crippen molar-refractivity contribution < 1.29 is 9.13 Å². The van der Waals surface area contributed by atoms with Gasteiger partial charge in [-0.15, -0.1) is 0 Å². The second-order valence-electron chi connectivity index (χ2n) is 3.75. The monoisotopic (exact) mass is 210 g/mol. The Hall–Kier alpha value is -1.29. The first kappa shape index (κ1) is 10.2. The Kier molecular flexibility index (Phi) is 3.06. The third-order valence-corrected chi connectivity index (χ3v) is 2.61. The van der Waals surface area contributed by atoms with Crippen molar-refractivity contribution in [3.05, 3.63) is 24.0 Å². The number of hydrogen-bond donors (Lipinski definition) is 2. The fourth-order valence-corrected chi connectivity index (χ4v) is 1.57. The molecule has 0 saturated carbocycles. The highest BCUT2D eigenvalue weighted by molar-refractivity contribution is 5.56. The number of nitrogens with one attached hydrogen (secondary N) is 2. The van der Waals surface area contributed by atoms with Crippen LogP contribution in [0.3, 0.4) is 0 Å². The molecular formula is C11H15FN2O. The van der Waals surface area contributed by atoms with Gasteiger partial charge in [-0.3, -0.25) is 0 Å². The maximum Gasteiger partial charge on any atom is 0.142 e. The van der Waals surface area contributed by atoms with Crippen molar-refractivity contribution in [3.63, 3.8) is 0 Å². The molecule has 1 aliphatic rings. The molecule has 2 rings (SSSR count). The fraction of sp³-hybridized carbons (Fsp3) is 0.455. The molecule has 0 amide bonds. The van der Waals surface area contributed by atoms with Crippen molar-refractivity contribution in [2.45, 2.75) is 0 Å². The van der Waals surface area contributed by atoms with E-state index < -0.39 is 0 Å². The van der Waals surface area contributed by atoms with Gasteiger partial charge < -0.3 is 15.4 Å². The first-order valence-corrected chi connectivity index (χ1v) is 5.07. The van der Waals surface area contributed by atoms with Crippen LogP contribution in [0.4, 0.5) is 10.1 Å². The predicted molar refractivity (Wildman–Crippen MR) is 57.8 cm³/mol. The summed E-state index contributed by atoms with van der Waals surface area (Å²) in [6.07, 6.45) is 0. The molecule has 2 N–H and O–H groups in total. The Morgan fingerprint density at radius 3 is 2.93 bits per heavy atom. The normalized spacial score (nSPS) is 15.9. The predicted octanol–water partition coefficient (Wildman–Crippen LogP) is 1.47. The zero-order chi connectivity index (χ0) is 10.7. The lowest BCUT2D eigenvalue weighted by Gasteiger charge is -2.27. The summed E-state index contributed by atoms with van der Waals surface area (Å²) in [5.74, 6) is 1.08. The summed E-state index contributed by atoms with van der Waals surface area (Å²) in [6.45, 7) is 2.92. The Morgan fingerprint density at radius 2 is 2.33 bits per heavy atom. The second-order valence-corrected chi connectivity index (χ2v) is 3.75. The Balaban J connectivity index is 2.00. The summed E-state index contributed by atoms with van der Waals surface area (Å²) >= 11 is 0. The second kappa shape index (κ2) is 4.49. The maximum absolute atomic E-state index is 13.0. The SMILES string of the molecule is COc1ccc(F)cc1NCC1CNC1. The van der Waals surface area contributed by atoms with Crippen LogP contribution < -0.4 is 15.4 Å². The molecule has 1 aromatic rings. The molecule has 0 unspecified atom stereocenters. The highest BCUT2D eigenvalue weighted by Crippen LogP contribution is 2.25. The van der Waals surface area contributed by atoms with Gasteiger partial charge in [0.2, 0.25) is 0 Å². The van der Waals surface area contributed by atoms with Gasteiger partial charge in [-0.1, -0.05) is 0 Å². The molecule has 4 heteroatoms. The van der Waals surface area contributed by atoms with Crippen LogP contribution in [0.25, 0.3) is 0 Å². The molecule has 1 heterocycles. The van der Waals surface area contributed by atoms with Gasteiger partial charge in [-0.25, -0.2) is 4.39 Å². The van der Waals surface area contributed by atoms with Crippen molar-refractivity contribution in [2.24, 2.45) is 5.92 Å². The van der Waals surface area contributed by atoms with Crippen LogP contribution in [-0.2, 0) is 0 Å². The number of methoxy groups -OCH3 is 1. The largest absolute Gasteiger partial charge is 0.495 e. The van der Waals surface area contributed by atoms with Crippen LogP contribution in [0, 0.1) is 11.7 Å². The van der Waals surface area contributed by atoms with E-state index >= 15 is 0 Å². The lowest BCUT2D eigenvalue weighted by Crippen LogP contribution is -2.45. The summed E-state index contributed by atoms with van der Waals surface area (Å²) < 4.78 is 18.1. The highest BCUT2D eigenvalue weighted by Gasteiger charge is 2.16. The molecule has 1 fully saturated rings. The molecule has 1 aromatic carbocycles. The quantitative estimate of drug-likeness (QED) is 0.789. The molecule has 0 spiro atoms. The summed E-state index contributed by atoms with van der Waals surface area (Å²) in [7, 11) is 1.59. The van der Waals surface area contributed by atoms with Crippen molar-refractivity contribution in [2.75, 3.05) is 32.1 Å². The van der Waals surface area contributed by atoms with E-state index in [-0.39, 0.29) is 5.82 Å². The van der Waals surface area contributed by atoms with Crippen molar-refractivity contribution in [3.8, 4) is 5.75 Å². The van der Waals surface area contributed by atoms with E-state index in [4.69, 9.17) is 4.74 Å². The molecule has 82 valence electrons. The van der Waals surface area contributed by atoms with Crippen LogP contribution in [0.2, 0.25) is 0 Å². The minimum atomic E-state index is -0.245. The van der Waals surface area contributed by atoms with Crippen LogP contribution in [0.15, 0.2) is 18.2 Å². The van der Waals surface area contributed by atoms with E-state index in [2.05, 4.69) is 10.6 Å². The average Bonchev–Trinajstić information content (AvgIpc) is 2.16. The van der Waals surface area contributed by atoms with E-state index in [0.717, 1.165) is 25.3 Å². The third-order valence-electron chi connectivity index (χ3n) is 2.61. The van der Waals surface area contributed by atoms with E-state index in [9.17, 15) is 4.39 Å². The first-order valence-electron chi connectivity index (χ1n) is 5.07. The summed E-state index contributed by atoms with van der Waals surface area (Å²) in [6, 6.07) is 4.50. The highest BCUT2D eigenvalue weighted by atomic mass is 19.1. The zero-order valence-corrected chi connectivity index (χ0v) is 8.72. The van der Waals surface area contributed by atoms with Crippen LogP contribution >= 0.6 is 0 Å². The summed E-state index contributed by atoms with van der Waals surface area (Å²) in [5.41, 5.74) is 0.726. The van der Waals surface area contributed by atoms with E-state index in [1.807, 2.05) is 0 Å². The van der Waals surface area contributed by atoms with Gasteiger partial charge in [0.1, 0.15) is 11.6 Å². The Morgan fingerprint density at radius 1 is 1.53 bits per heavy atom. The topological polar surface area (TPSA) is 33.3 Å². The van der Waals surface area contributed by atoms with Crippen molar-refractivity contribution >= 4 is 5.69 Å². The van der Waals surface area contributed by atoms with Crippen molar-refractivity contribution in [1.82, 2.24) is 5.32 Å². The van der Waals surface area contributed by atoms with Gasteiger partial charge in [-0.2, -0.15) is 0 Å². The smallest absolute Gasteiger partial charge is 0.142 e. The standard InChI is InChI=1S/C11H15FN2O/c1-15-11-3-2-9(12)4-10(11)14-7-8-5-13-6-8/h2-4,8,13-14H,5-7H2,1H3. The minimum Gasteiger partial charge on any atom is -0.495 e. The molecule has 1 aliphatic heterocycles. The third kappa shape index (κ3) is 2.39. The van der Waals surface area contributed by atoms with Crippen LogP contribution in [0.5, 0.6) is 5.75 Å². The molecular weight excluding hydrogens is 195 g/mol. The van der Waals surface area contributed by atoms with Gasteiger partial charge in [0.05, 0.1) is 12.8 Å². The Bertz CT molecular complexity index is 339. The van der Waals surface area contributed by atoms with Crippen LogP contribution in [0.1, 0.15) is 0 Å². The molecule has 15 heavy (non-hydrogen) atoms. The van der Waals surface area contributed by atoms with Gasteiger partial charge in [0, 0.05) is 31.6 Å². The van der Waals surface area contributed by atoms with Crippen molar-refractivity contribution in [1.29, 1.82) is 0 Å². The van der Waals surface area contributed by atoms with Gasteiger partial charge in [0.25, 0.3) is 0 Å². The molecule has 0 radical (unpaired) electrons. The number of hydrogen-bond acceptors (Lipinski definition) is 3. The first-order chi connectivity index (χ1) is 7.29. The van der Waals surface area contributed by atoms with Crippen LogP contribution in [-0.4, -0.2) is 26.7 Å². The number of benzene rings is 1. The lowest BCUT2D eigenvalue weighted by atomic mass is 10.0. The van der Waals surface area contributed by atoms with E-state index in [0.29, 0.717) is 11.7 Å². The average molecular weight is 210 g/mol. The lowest BCUT2D eigenvalue weighted by molar-refractivity contribution is 0.364. The summed E-state index contributed by atoms with van der Waals surface area (Å²) in [5, 5.41) is 6.39. The summed E-state index contributed by atoms with van der Waals surface area (Å²) in [4.78, 5) is 0. The Labute approximate surface area is 88.6 Å². The molecule has 0 aliphatic carbocycles. The number of rotatable bonds is 4. The number of anilines is 1. The fourth-order valence-electron chi connectivity index (χ4n) is 1.57. The molecule has 1 saturated heterocycles. The maximum atomic E-state index is 13.0. The molecule has 0 atom stereocenters. The van der Waals surface area contributed by atoms with E-state index in [1.54, 1.807) is 13.2 Å². The van der Waals surface area contributed by atoms with Gasteiger partial charge in [0.15, 0.2) is 0 Å². The van der Waals surface area contributed by atoms with E-state index in [1.165, 1.54) is 12.1 Å². The van der Waals surface area contributed by atoms with Gasteiger partial charge >= 0.3 is 0 Å². The minimum absolute atomic E-state index is 0.245. The van der Waals surface area contributed by atoms with Gasteiger partial charge in [-0.05, 0) is 12.1 Å². The molecule has 3 nitrogen and oxygen atoms in total. The number of ether oxygens (including phenoxy) is 1.